The number of esters is 1. The van der Waals surface area contributed by atoms with Gasteiger partial charge in [0.2, 0.25) is 5.91 Å². The summed E-state index contributed by atoms with van der Waals surface area (Å²) in [5.41, 5.74) is 0. The molecule has 7 nitrogen and oxygen atoms in total. The van der Waals surface area contributed by atoms with Crippen LogP contribution in [0.4, 0.5) is 0 Å². The van der Waals surface area contributed by atoms with Crippen molar-refractivity contribution in [3.63, 3.8) is 0 Å². The molecule has 0 saturated carbocycles. The van der Waals surface area contributed by atoms with Gasteiger partial charge in [-0.1, -0.05) is 13.8 Å². The van der Waals surface area contributed by atoms with Gasteiger partial charge in [-0.3, -0.25) is 9.36 Å². The summed E-state index contributed by atoms with van der Waals surface area (Å²) in [6.45, 7) is 4.75. The maximum absolute atomic E-state index is 11.6. The summed E-state index contributed by atoms with van der Waals surface area (Å²) in [5.74, 6) is -1.05. The molecule has 3 N–H and O–H groups in total. The number of carbonyl (C=O) groups excluding carboxylic acids is 2. The van der Waals surface area contributed by atoms with Crippen LogP contribution in [0.3, 0.4) is 0 Å². The van der Waals surface area contributed by atoms with Crippen molar-refractivity contribution in [1.82, 2.24) is 5.32 Å². The van der Waals surface area contributed by atoms with Crippen LogP contribution in [0.15, 0.2) is 0 Å². The summed E-state index contributed by atoms with van der Waals surface area (Å²) in [5, 5.41) is 2.47. The lowest BCUT2D eigenvalue weighted by Crippen LogP contribution is -2.44. The predicted molar refractivity (Wildman–Crippen MR) is 64.9 cm³/mol. The average molecular weight is 281 g/mol. The van der Waals surface area contributed by atoms with Gasteiger partial charge < -0.3 is 19.8 Å². The Labute approximate surface area is 106 Å². The van der Waals surface area contributed by atoms with E-state index < -0.39 is 19.6 Å². The fraction of sp³-hybridized carbons (Fsp3) is 0.800. The van der Waals surface area contributed by atoms with Crippen molar-refractivity contribution in [1.29, 1.82) is 0 Å². The summed E-state index contributed by atoms with van der Waals surface area (Å²) in [6, 6.07) is -0.738. The van der Waals surface area contributed by atoms with E-state index in [0.717, 1.165) is 0 Å². The molecule has 0 spiro atoms. The van der Waals surface area contributed by atoms with Gasteiger partial charge in [-0.25, -0.2) is 4.79 Å². The first-order valence-corrected chi connectivity index (χ1v) is 7.41. The Morgan fingerprint density at radius 1 is 1.33 bits per heavy atom. The number of ether oxygens (including phenoxy) is 1. The number of amides is 1. The second-order valence-corrected chi connectivity index (χ2v) is 6.11. The lowest BCUT2D eigenvalue weighted by atomic mass is 10.0. The zero-order valence-corrected chi connectivity index (χ0v) is 11.6. The van der Waals surface area contributed by atoms with E-state index in [2.05, 4.69) is 5.32 Å². The first-order valence-electron chi connectivity index (χ1n) is 5.62. The molecular formula is C10H20NO6P. The molecular weight excluding hydrogens is 261 g/mol. The van der Waals surface area contributed by atoms with Gasteiger partial charge in [-0.05, 0) is 12.3 Å². The normalized spacial score (nSPS) is 13.2. The Hall–Kier alpha value is -0.910. The number of rotatable bonds is 7. The fourth-order valence-electron chi connectivity index (χ4n) is 1.25. The van der Waals surface area contributed by atoms with Gasteiger partial charge in [0.15, 0.2) is 0 Å². The zero-order valence-electron chi connectivity index (χ0n) is 10.8. The quantitative estimate of drug-likeness (QED) is 0.350. The molecule has 0 heterocycles. The summed E-state index contributed by atoms with van der Waals surface area (Å²) < 4.78 is 15.4. The topological polar surface area (TPSA) is 113 Å². The van der Waals surface area contributed by atoms with Crippen molar-refractivity contribution in [2.45, 2.75) is 33.2 Å². The van der Waals surface area contributed by atoms with E-state index in [1.54, 1.807) is 13.8 Å². The van der Waals surface area contributed by atoms with Gasteiger partial charge in [0.25, 0.3) is 0 Å². The van der Waals surface area contributed by atoms with E-state index in [-0.39, 0.29) is 31.0 Å². The zero-order chi connectivity index (χ0) is 14.3. The number of hydrogen-bond acceptors (Lipinski definition) is 4. The predicted octanol–water partition coefficient (Wildman–Crippen LogP) is 0.258. The third kappa shape index (κ3) is 8.22. The largest absolute Gasteiger partial charge is 0.464 e. The number of carbonyl (C=O) groups is 2. The van der Waals surface area contributed by atoms with Crippen LogP contribution in [-0.4, -0.2) is 40.5 Å². The van der Waals surface area contributed by atoms with Crippen molar-refractivity contribution in [2.24, 2.45) is 5.92 Å². The van der Waals surface area contributed by atoms with Crippen LogP contribution < -0.4 is 5.32 Å². The average Bonchev–Trinajstić information content (AvgIpc) is 2.18. The number of nitrogens with one attached hydrogen (secondary N) is 1. The van der Waals surface area contributed by atoms with Crippen molar-refractivity contribution in [2.75, 3.05) is 12.8 Å². The maximum Gasteiger partial charge on any atom is 0.328 e. The minimum Gasteiger partial charge on any atom is -0.464 e. The molecule has 0 radical (unpaired) electrons. The highest BCUT2D eigenvalue weighted by molar-refractivity contribution is 7.51. The highest BCUT2D eigenvalue weighted by Crippen LogP contribution is 2.34. The second kappa shape index (κ2) is 7.51. The van der Waals surface area contributed by atoms with E-state index in [9.17, 15) is 14.2 Å². The Morgan fingerprint density at radius 2 is 1.89 bits per heavy atom. The molecule has 0 saturated heterocycles. The molecule has 0 aliphatic rings. The van der Waals surface area contributed by atoms with Crippen LogP contribution in [0.2, 0.25) is 0 Å². The molecule has 8 heteroatoms. The highest BCUT2D eigenvalue weighted by Gasteiger charge is 2.24. The minimum absolute atomic E-state index is 0.0766. The molecule has 0 fully saturated rings. The van der Waals surface area contributed by atoms with E-state index >= 15 is 0 Å². The van der Waals surface area contributed by atoms with Gasteiger partial charge >= 0.3 is 13.6 Å². The smallest absolute Gasteiger partial charge is 0.328 e. The van der Waals surface area contributed by atoms with Crippen LogP contribution in [0.25, 0.3) is 0 Å². The maximum atomic E-state index is 11.6. The van der Waals surface area contributed by atoms with Crippen LogP contribution in [0.1, 0.15) is 27.2 Å². The van der Waals surface area contributed by atoms with Crippen LogP contribution in [-0.2, 0) is 18.9 Å². The monoisotopic (exact) mass is 281 g/mol. The molecule has 0 aliphatic heterocycles. The summed E-state index contributed by atoms with van der Waals surface area (Å²) in [4.78, 5) is 39.7. The van der Waals surface area contributed by atoms with Crippen LogP contribution in [0.5, 0.6) is 0 Å². The third-order valence-corrected chi connectivity index (χ3v) is 3.02. The SMILES string of the molecule is CC(=O)NC(C(=O)OCCCP(=O)(O)O)C(C)C. The molecule has 0 aromatic rings. The Morgan fingerprint density at radius 3 is 2.28 bits per heavy atom. The highest BCUT2D eigenvalue weighted by atomic mass is 31.2. The van der Waals surface area contributed by atoms with Crippen LogP contribution >= 0.6 is 7.60 Å². The van der Waals surface area contributed by atoms with Crippen molar-refractivity contribution < 1.29 is 28.7 Å². The standard InChI is InChI=1S/C10H20NO6P/c1-7(2)9(11-8(3)12)10(13)17-5-4-6-18(14,15)16/h7,9H,4-6H2,1-3H3,(H,11,12)(H2,14,15,16). The van der Waals surface area contributed by atoms with E-state index in [1.165, 1.54) is 6.92 Å². The lowest BCUT2D eigenvalue weighted by Gasteiger charge is -2.19. The minimum atomic E-state index is -4.05. The molecule has 0 bridgehead atoms. The Kier molecular flexibility index (Phi) is 7.13. The van der Waals surface area contributed by atoms with E-state index in [0.29, 0.717) is 0 Å². The molecule has 0 aromatic heterocycles. The molecule has 18 heavy (non-hydrogen) atoms. The van der Waals surface area contributed by atoms with E-state index in [4.69, 9.17) is 14.5 Å². The Balaban J connectivity index is 4.12. The first kappa shape index (κ1) is 17.1. The van der Waals surface area contributed by atoms with Gasteiger partial charge in [0, 0.05) is 6.92 Å². The molecule has 1 amide bonds. The third-order valence-electron chi connectivity index (χ3n) is 2.12. The lowest BCUT2D eigenvalue weighted by molar-refractivity contribution is -0.149. The van der Waals surface area contributed by atoms with Crippen molar-refractivity contribution >= 4 is 19.5 Å². The van der Waals surface area contributed by atoms with Gasteiger partial charge in [-0.2, -0.15) is 0 Å². The molecule has 1 atom stereocenters. The number of hydrogen-bond donors (Lipinski definition) is 3. The molecule has 0 rings (SSSR count). The fourth-order valence-corrected chi connectivity index (χ4v) is 1.79. The van der Waals surface area contributed by atoms with Gasteiger partial charge in [0.1, 0.15) is 6.04 Å². The van der Waals surface area contributed by atoms with Gasteiger partial charge in [-0.15, -0.1) is 0 Å². The molecule has 106 valence electrons. The van der Waals surface area contributed by atoms with Crippen molar-refractivity contribution in [3.05, 3.63) is 0 Å². The summed E-state index contributed by atoms with van der Waals surface area (Å²) in [7, 11) is -4.05. The molecule has 1 unspecified atom stereocenters. The second-order valence-electron chi connectivity index (χ2n) is 4.33. The van der Waals surface area contributed by atoms with Crippen LogP contribution in [0, 0.1) is 5.92 Å². The Bertz CT molecular complexity index is 337. The van der Waals surface area contributed by atoms with Crippen molar-refractivity contribution in [3.8, 4) is 0 Å². The summed E-state index contributed by atoms with van der Waals surface area (Å²) in [6.07, 6.45) is -0.242. The first-order chi connectivity index (χ1) is 8.13. The molecule has 0 aliphatic carbocycles. The van der Waals surface area contributed by atoms with E-state index in [1.807, 2.05) is 0 Å². The summed E-state index contributed by atoms with van der Waals surface area (Å²) >= 11 is 0. The van der Waals surface area contributed by atoms with Gasteiger partial charge in [0.05, 0.1) is 12.8 Å². The molecule has 0 aromatic carbocycles.